The van der Waals surface area contributed by atoms with Gasteiger partial charge in [-0.25, -0.2) is 4.79 Å². The van der Waals surface area contributed by atoms with Crippen LogP contribution in [0.15, 0.2) is 41.4 Å². The molecular weight excluding hydrogens is 364 g/mol. The van der Waals surface area contributed by atoms with Crippen molar-refractivity contribution in [3.8, 4) is 5.75 Å². The number of carboxylic acid groups (broad SMARTS) is 1. The number of amides is 1. The first-order valence-electron chi connectivity index (χ1n) is 8.46. The average molecular weight is 390 g/mol. The SMILES string of the molecule is C=C(CC(CN=C(N)N)CC(=O)NC(Cc1ccc(O)cc1)C(=O)O)C(=N)N. The van der Waals surface area contributed by atoms with E-state index in [4.69, 9.17) is 22.6 Å². The van der Waals surface area contributed by atoms with E-state index in [1.807, 2.05) is 0 Å². The van der Waals surface area contributed by atoms with Crippen LogP contribution in [0.1, 0.15) is 18.4 Å². The molecule has 0 aliphatic heterocycles. The number of nitrogens with zero attached hydrogens (tertiary/aromatic N) is 1. The highest BCUT2D eigenvalue weighted by Gasteiger charge is 2.23. The molecule has 28 heavy (non-hydrogen) atoms. The van der Waals surface area contributed by atoms with Gasteiger partial charge in [0.05, 0.1) is 0 Å². The molecule has 1 aromatic rings. The number of carbonyl (C=O) groups is 2. The summed E-state index contributed by atoms with van der Waals surface area (Å²) in [5.41, 5.74) is 17.0. The Morgan fingerprint density at radius 1 is 1.18 bits per heavy atom. The summed E-state index contributed by atoms with van der Waals surface area (Å²) in [5, 5.41) is 28.6. The largest absolute Gasteiger partial charge is 0.508 e. The number of amidine groups is 1. The molecule has 10 nitrogen and oxygen atoms in total. The zero-order valence-electron chi connectivity index (χ0n) is 15.4. The number of nitrogens with two attached hydrogens (primary N) is 3. The number of benzene rings is 1. The summed E-state index contributed by atoms with van der Waals surface area (Å²) in [6.45, 7) is 3.78. The van der Waals surface area contributed by atoms with Crippen molar-refractivity contribution >= 4 is 23.7 Å². The molecule has 2 atom stereocenters. The van der Waals surface area contributed by atoms with Gasteiger partial charge in [-0.1, -0.05) is 18.7 Å². The molecular formula is C18H26N6O4. The third-order valence-corrected chi connectivity index (χ3v) is 3.93. The maximum absolute atomic E-state index is 12.4. The second-order valence-electron chi connectivity index (χ2n) is 6.39. The van der Waals surface area contributed by atoms with Gasteiger partial charge in [0.25, 0.3) is 0 Å². The lowest BCUT2D eigenvalue weighted by Crippen LogP contribution is -2.43. The second kappa shape index (κ2) is 10.6. The standard InChI is InChI=1S/C18H26N6O4/c1-10(16(19)20)6-12(9-23-18(21)22)8-15(26)24-14(17(27)28)7-11-2-4-13(25)5-3-11/h2-5,12,14,25H,1,6-9H2,(H3,19,20)(H,24,26)(H,27,28)(H4,21,22,23). The van der Waals surface area contributed by atoms with E-state index in [1.165, 1.54) is 12.1 Å². The lowest BCUT2D eigenvalue weighted by atomic mass is 9.95. The Bertz CT molecular complexity index is 756. The van der Waals surface area contributed by atoms with Gasteiger partial charge in [-0.15, -0.1) is 0 Å². The monoisotopic (exact) mass is 390 g/mol. The van der Waals surface area contributed by atoms with Crippen LogP contribution in [0, 0.1) is 11.3 Å². The number of carbonyl (C=O) groups excluding carboxylic acids is 1. The minimum absolute atomic E-state index is 0.0556. The Labute approximate surface area is 162 Å². The highest BCUT2D eigenvalue weighted by molar-refractivity contribution is 5.93. The fourth-order valence-electron chi connectivity index (χ4n) is 2.48. The zero-order valence-corrected chi connectivity index (χ0v) is 15.4. The number of guanidine groups is 1. The van der Waals surface area contributed by atoms with E-state index >= 15 is 0 Å². The maximum Gasteiger partial charge on any atom is 0.326 e. The van der Waals surface area contributed by atoms with Gasteiger partial charge in [0, 0.05) is 19.4 Å². The van der Waals surface area contributed by atoms with Crippen LogP contribution in [0.5, 0.6) is 5.75 Å². The highest BCUT2D eigenvalue weighted by atomic mass is 16.4. The second-order valence-corrected chi connectivity index (χ2v) is 6.39. The van der Waals surface area contributed by atoms with Crippen LogP contribution in [0.2, 0.25) is 0 Å². The van der Waals surface area contributed by atoms with Crippen molar-refractivity contribution in [3.63, 3.8) is 0 Å². The molecule has 10 N–H and O–H groups in total. The normalized spacial score (nSPS) is 12.4. The Kier molecular flexibility index (Phi) is 8.47. The van der Waals surface area contributed by atoms with Crippen LogP contribution < -0.4 is 22.5 Å². The molecule has 152 valence electrons. The number of aromatic hydroxyl groups is 1. The van der Waals surface area contributed by atoms with Gasteiger partial charge in [0.1, 0.15) is 17.6 Å². The van der Waals surface area contributed by atoms with Crippen LogP contribution in [-0.2, 0) is 16.0 Å². The van der Waals surface area contributed by atoms with Gasteiger partial charge in [-0.2, -0.15) is 0 Å². The van der Waals surface area contributed by atoms with Crippen LogP contribution in [0.25, 0.3) is 0 Å². The topological polar surface area (TPSA) is 201 Å². The summed E-state index contributed by atoms with van der Waals surface area (Å²) < 4.78 is 0. The van der Waals surface area contributed by atoms with Crippen molar-refractivity contribution < 1.29 is 19.8 Å². The fraction of sp³-hybridized carbons (Fsp3) is 0.333. The molecule has 2 unspecified atom stereocenters. The lowest BCUT2D eigenvalue weighted by Gasteiger charge is -2.19. The molecule has 0 heterocycles. The molecule has 10 heteroatoms. The molecule has 1 amide bonds. The van der Waals surface area contributed by atoms with Gasteiger partial charge in [-0.3, -0.25) is 15.2 Å². The van der Waals surface area contributed by atoms with E-state index in [0.29, 0.717) is 11.1 Å². The third kappa shape index (κ3) is 8.21. The molecule has 0 aliphatic rings. The van der Waals surface area contributed by atoms with Crippen LogP contribution in [0.4, 0.5) is 0 Å². The van der Waals surface area contributed by atoms with Gasteiger partial charge >= 0.3 is 5.97 Å². The quantitative estimate of drug-likeness (QED) is 0.198. The number of rotatable bonds is 11. The van der Waals surface area contributed by atoms with Crippen LogP contribution >= 0.6 is 0 Å². The number of nitrogens with one attached hydrogen (secondary N) is 2. The third-order valence-electron chi connectivity index (χ3n) is 3.93. The van der Waals surface area contributed by atoms with Gasteiger partial charge < -0.3 is 32.7 Å². The average Bonchev–Trinajstić information content (AvgIpc) is 2.60. The minimum Gasteiger partial charge on any atom is -0.508 e. The molecule has 0 aromatic heterocycles. The highest BCUT2D eigenvalue weighted by Crippen LogP contribution is 2.16. The molecule has 1 aromatic carbocycles. The number of hydrogen-bond donors (Lipinski definition) is 7. The number of aliphatic carboxylic acids is 1. The Morgan fingerprint density at radius 2 is 1.79 bits per heavy atom. The van der Waals surface area contributed by atoms with Crippen molar-refractivity contribution in [1.82, 2.24) is 5.32 Å². The first kappa shape index (κ1) is 22.5. The predicted molar refractivity (Wildman–Crippen MR) is 106 cm³/mol. The maximum atomic E-state index is 12.4. The van der Waals surface area contributed by atoms with E-state index in [9.17, 15) is 19.8 Å². The van der Waals surface area contributed by atoms with Crippen molar-refractivity contribution in [1.29, 1.82) is 5.41 Å². The summed E-state index contributed by atoms with van der Waals surface area (Å²) >= 11 is 0. The van der Waals surface area contributed by atoms with Gasteiger partial charge in [0.2, 0.25) is 5.91 Å². The van der Waals surface area contributed by atoms with Crippen molar-refractivity contribution in [2.75, 3.05) is 6.54 Å². The van der Waals surface area contributed by atoms with Crippen molar-refractivity contribution in [3.05, 3.63) is 42.0 Å². The molecule has 0 fully saturated rings. The summed E-state index contributed by atoms with van der Waals surface area (Å²) in [6, 6.07) is 4.89. The Morgan fingerprint density at radius 3 is 2.29 bits per heavy atom. The molecule has 0 aliphatic carbocycles. The van der Waals surface area contributed by atoms with Gasteiger partial charge in [-0.05, 0) is 35.6 Å². The summed E-state index contributed by atoms with van der Waals surface area (Å²) in [6.07, 6.45) is 0.206. The van der Waals surface area contributed by atoms with Crippen LogP contribution in [-0.4, -0.2) is 46.5 Å². The number of phenolic OH excluding ortho intramolecular Hbond substituents is 1. The van der Waals surface area contributed by atoms with E-state index in [0.717, 1.165) is 0 Å². The fourth-order valence-corrected chi connectivity index (χ4v) is 2.48. The molecule has 1 rings (SSSR count). The Balaban J connectivity index is 2.78. The summed E-state index contributed by atoms with van der Waals surface area (Å²) in [4.78, 5) is 27.7. The smallest absolute Gasteiger partial charge is 0.326 e. The van der Waals surface area contributed by atoms with Crippen molar-refractivity contribution in [2.24, 2.45) is 28.1 Å². The zero-order chi connectivity index (χ0) is 21.3. The number of carboxylic acids is 1. The summed E-state index contributed by atoms with van der Waals surface area (Å²) in [7, 11) is 0. The van der Waals surface area contributed by atoms with Gasteiger partial charge in [0.15, 0.2) is 5.96 Å². The van der Waals surface area contributed by atoms with Crippen molar-refractivity contribution in [2.45, 2.75) is 25.3 Å². The molecule has 0 radical (unpaired) electrons. The Hall–Kier alpha value is -3.56. The molecule has 0 bridgehead atoms. The molecule has 0 spiro atoms. The number of hydrogen-bond acceptors (Lipinski definition) is 5. The lowest BCUT2D eigenvalue weighted by molar-refractivity contribution is -0.141. The number of phenols is 1. The van der Waals surface area contributed by atoms with E-state index in [-0.39, 0.29) is 43.4 Å². The molecule has 0 saturated heterocycles. The summed E-state index contributed by atoms with van der Waals surface area (Å²) in [5.74, 6) is -2.37. The minimum atomic E-state index is -1.18. The number of aliphatic imine (C=N–C) groups is 1. The molecule has 0 saturated carbocycles. The van der Waals surface area contributed by atoms with E-state index < -0.39 is 23.8 Å². The first-order chi connectivity index (χ1) is 13.1. The van der Waals surface area contributed by atoms with E-state index in [2.05, 4.69) is 16.9 Å². The predicted octanol–water partition coefficient (Wildman–Crippen LogP) is -0.334. The van der Waals surface area contributed by atoms with Crippen LogP contribution in [0.3, 0.4) is 0 Å². The van der Waals surface area contributed by atoms with E-state index in [1.54, 1.807) is 12.1 Å². The first-order valence-corrected chi connectivity index (χ1v) is 8.46.